The molecule has 1 saturated carbocycles. The fraction of sp³-hybridized carbons (Fsp3) is 0.357. The van der Waals surface area contributed by atoms with Crippen LogP contribution in [0.4, 0.5) is 5.69 Å². The van der Waals surface area contributed by atoms with Crippen molar-refractivity contribution in [3.8, 4) is 5.75 Å². The van der Waals surface area contributed by atoms with Gasteiger partial charge in [-0.3, -0.25) is 14.4 Å². The van der Waals surface area contributed by atoms with E-state index in [1.54, 1.807) is 23.5 Å². The van der Waals surface area contributed by atoms with Crippen molar-refractivity contribution in [1.82, 2.24) is 19.8 Å². The Morgan fingerprint density at radius 2 is 1.92 bits per heavy atom. The van der Waals surface area contributed by atoms with Gasteiger partial charge in [0.25, 0.3) is 11.8 Å². The van der Waals surface area contributed by atoms with Gasteiger partial charge < -0.3 is 24.8 Å². The first-order chi connectivity index (χ1) is 17.7. The molecule has 192 valence electrons. The van der Waals surface area contributed by atoms with Crippen LogP contribution in [0.3, 0.4) is 0 Å². The Hall–Kier alpha value is -4.14. The molecule has 9 nitrogen and oxygen atoms in total. The van der Waals surface area contributed by atoms with E-state index < -0.39 is 11.4 Å². The van der Waals surface area contributed by atoms with Crippen molar-refractivity contribution < 1.29 is 19.1 Å². The third-order valence-corrected chi connectivity index (χ3v) is 7.16. The number of para-hydroxylation sites is 1. The Morgan fingerprint density at radius 3 is 2.65 bits per heavy atom. The maximum atomic E-state index is 13.8. The van der Waals surface area contributed by atoms with Crippen molar-refractivity contribution >= 4 is 23.4 Å². The van der Waals surface area contributed by atoms with E-state index in [0.717, 1.165) is 29.5 Å². The number of hydrogen-bond donors (Lipinski definition) is 2. The lowest BCUT2D eigenvalue weighted by Crippen LogP contribution is -2.64. The van der Waals surface area contributed by atoms with Crippen LogP contribution >= 0.6 is 0 Å². The third-order valence-electron chi connectivity index (χ3n) is 7.16. The van der Waals surface area contributed by atoms with E-state index in [1.807, 2.05) is 56.3 Å². The topological polar surface area (TPSA) is 106 Å². The molecule has 0 spiro atoms. The molecule has 1 aliphatic heterocycles. The molecule has 2 aromatic carbocycles. The van der Waals surface area contributed by atoms with E-state index in [1.165, 1.54) is 6.33 Å². The highest BCUT2D eigenvalue weighted by Crippen LogP contribution is 2.39. The minimum absolute atomic E-state index is 0.0481. The van der Waals surface area contributed by atoms with Crippen LogP contribution < -0.4 is 15.4 Å². The molecule has 5 rings (SSSR count). The highest BCUT2D eigenvalue weighted by molar-refractivity contribution is 6.12. The van der Waals surface area contributed by atoms with Crippen LogP contribution in [0.2, 0.25) is 0 Å². The van der Waals surface area contributed by atoms with E-state index in [4.69, 9.17) is 4.74 Å². The molecule has 0 saturated heterocycles. The SMILES string of the molecule is COc1ccccc1CNC(=O)[C@]1(C)Cn2cnc(C(=O)Nc3cc(C)ccc3C)c2C(=O)N1C1CC1. The minimum atomic E-state index is -1.13. The largest absolute Gasteiger partial charge is 0.496 e. The van der Waals surface area contributed by atoms with Gasteiger partial charge in [0.15, 0.2) is 5.69 Å². The number of rotatable bonds is 7. The van der Waals surface area contributed by atoms with Crippen LogP contribution in [0.25, 0.3) is 0 Å². The number of benzene rings is 2. The van der Waals surface area contributed by atoms with Gasteiger partial charge in [-0.1, -0.05) is 30.3 Å². The number of amides is 3. The average Bonchev–Trinajstić information content (AvgIpc) is 3.62. The molecule has 0 unspecified atom stereocenters. The first-order valence-electron chi connectivity index (χ1n) is 12.4. The number of carbonyl (C=O) groups is 3. The summed E-state index contributed by atoms with van der Waals surface area (Å²) in [5.74, 6) is -0.384. The number of nitrogens with zero attached hydrogens (tertiary/aromatic N) is 3. The molecule has 1 fully saturated rings. The predicted molar refractivity (Wildman–Crippen MR) is 139 cm³/mol. The maximum Gasteiger partial charge on any atom is 0.276 e. The average molecular weight is 502 g/mol. The summed E-state index contributed by atoms with van der Waals surface area (Å²) in [5, 5.41) is 5.90. The van der Waals surface area contributed by atoms with Crippen LogP contribution in [0, 0.1) is 13.8 Å². The summed E-state index contributed by atoms with van der Waals surface area (Å²) in [5.41, 5.74) is 2.59. The number of nitrogens with one attached hydrogen (secondary N) is 2. The number of ether oxygens (including phenoxy) is 1. The number of carbonyl (C=O) groups excluding carboxylic acids is 3. The van der Waals surface area contributed by atoms with Gasteiger partial charge in [0.2, 0.25) is 5.91 Å². The zero-order valence-electron chi connectivity index (χ0n) is 21.5. The molecular weight excluding hydrogens is 470 g/mol. The minimum Gasteiger partial charge on any atom is -0.496 e. The summed E-state index contributed by atoms with van der Waals surface area (Å²) in [6.07, 6.45) is 3.11. The normalized spacial score (nSPS) is 18.8. The van der Waals surface area contributed by atoms with Crippen molar-refractivity contribution in [2.24, 2.45) is 0 Å². The van der Waals surface area contributed by atoms with Gasteiger partial charge in [0.05, 0.1) is 20.0 Å². The second-order valence-corrected chi connectivity index (χ2v) is 10.0. The van der Waals surface area contributed by atoms with Gasteiger partial charge in [-0.15, -0.1) is 0 Å². The first kappa shape index (κ1) is 24.5. The van der Waals surface area contributed by atoms with E-state index in [-0.39, 0.29) is 42.3 Å². The molecule has 3 aromatic rings. The van der Waals surface area contributed by atoms with Crippen molar-refractivity contribution in [2.75, 3.05) is 12.4 Å². The summed E-state index contributed by atoms with van der Waals surface area (Å²) in [6, 6.07) is 13.2. The Labute approximate surface area is 215 Å². The highest BCUT2D eigenvalue weighted by atomic mass is 16.5. The molecule has 0 bridgehead atoms. The number of imidazole rings is 1. The lowest BCUT2D eigenvalue weighted by Gasteiger charge is -2.44. The zero-order valence-corrected chi connectivity index (χ0v) is 21.5. The van der Waals surface area contributed by atoms with Gasteiger partial charge in [0, 0.05) is 23.8 Å². The number of anilines is 1. The number of hydrogen-bond acceptors (Lipinski definition) is 5. The molecule has 1 atom stereocenters. The van der Waals surface area contributed by atoms with Crippen LogP contribution in [-0.2, 0) is 17.9 Å². The van der Waals surface area contributed by atoms with Gasteiger partial charge in [-0.2, -0.15) is 0 Å². The Bertz CT molecular complexity index is 1390. The maximum absolute atomic E-state index is 13.8. The summed E-state index contributed by atoms with van der Waals surface area (Å²) in [6.45, 7) is 6.11. The summed E-state index contributed by atoms with van der Waals surface area (Å²) < 4.78 is 7.02. The number of methoxy groups -OCH3 is 1. The summed E-state index contributed by atoms with van der Waals surface area (Å²) in [7, 11) is 1.59. The lowest BCUT2D eigenvalue weighted by atomic mass is 9.93. The van der Waals surface area contributed by atoms with Crippen LogP contribution in [-0.4, -0.2) is 50.9 Å². The lowest BCUT2D eigenvalue weighted by molar-refractivity contribution is -0.133. The van der Waals surface area contributed by atoms with Crippen LogP contribution in [0.15, 0.2) is 48.8 Å². The molecule has 2 N–H and O–H groups in total. The van der Waals surface area contributed by atoms with Crippen molar-refractivity contribution in [3.05, 3.63) is 76.9 Å². The van der Waals surface area contributed by atoms with E-state index in [9.17, 15) is 14.4 Å². The first-order valence-corrected chi connectivity index (χ1v) is 12.4. The summed E-state index contributed by atoms with van der Waals surface area (Å²) >= 11 is 0. The quantitative estimate of drug-likeness (QED) is 0.516. The molecule has 3 amide bonds. The van der Waals surface area contributed by atoms with Gasteiger partial charge >= 0.3 is 0 Å². The monoisotopic (exact) mass is 501 g/mol. The third kappa shape index (κ3) is 4.45. The van der Waals surface area contributed by atoms with Crippen molar-refractivity contribution in [3.63, 3.8) is 0 Å². The fourth-order valence-corrected chi connectivity index (χ4v) is 4.99. The van der Waals surface area contributed by atoms with Crippen LogP contribution in [0.1, 0.15) is 57.4 Å². The van der Waals surface area contributed by atoms with Crippen molar-refractivity contribution in [2.45, 2.75) is 58.3 Å². The number of fused-ring (bicyclic) bond motifs is 1. The molecule has 37 heavy (non-hydrogen) atoms. The number of aryl methyl sites for hydroxylation is 2. The Morgan fingerprint density at radius 1 is 1.16 bits per heavy atom. The molecular formula is C28H31N5O4. The van der Waals surface area contributed by atoms with Crippen LogP contribution in [0.5, 0.6) is 5.75 Å². The molecule has 2 heterocycles. The standard InChI is InChI=1S/C28H31N5O4/c1-17-9-10-18(2)21(13-17)31-25(34)23-24-26(35)33(20-11-12-20)28(3,15-32(24)16-30-23)27(36)29-14-19-7-5-6-8-22(19)37-4/h5-10,13,16,20H,11-12,14-15H2,1-4H3,(H,29,36)(H,31,34)/t28-/m0/s1. The van der Waals surface area contributed by atoms with E-state index in [2.05, 4.69) is 15.6 Å². The van der Waals surface area contributed by atoms with Gasteiger partial charge in [-0.05, 0) is 56.9 Å². The summed E-state index contributed by atoms with van der Waals surface area (Å²) in [4.78, 5) is 46.6. The smallest absolute Gasteiger partial charge is 0.276 e. The van der Waals surface area contributed by atoms with E-state index in [0.29, 0.717) is 11.4 Å². The molecule has 1 aromatic heterocycles. The second-order valence-electron chi connectivity index (χ2n) is 10.0. The number of aromatic nitrogens is 2. The molecule has 1 aliphatic carbocycles. The zero-order chi connectivity index (χ0) is 26.3. The van der Waals surface area contributed by atoms with E-state index >= 15 is 0 Å². The van der Waals surface area contributed by atoms with Gasteiger partial charge in [0.1, 0.15) is 17.0 Å². The molecule has 2 aliphatic rings. The molecule has 0 radical (unpaired) electrons. The molecule has 9 heteroatoms. The van der Waals surface area contributed by atoms with Crippen molar-refractivity contribution in [1.29, 1.82) is 0 Å². The fourth-order valence-electron chi connectivity index (χ4n) is 4.99. The Kier molecular flexibility index (Phi) is 6.23. The predicted octanol–water partition coefficient (Wildman–Crippen LogP) is 3.45. The highest BCUT2D eigenvalue weighted by Gasteiger charge is 2.53. The Balaban J connectivity index is 1.41. The second kappa shape index (κ2) is 9.38. The van der Waals surface area contributed by atoms with Gasteiger partial charge in [-0.25, -0.2) is 4.98 Å².